The maximum absolute atomic E-state index is 13.2. The number of aliphatic hydroxyl groups is 1. The van der Waals surface area contributed by atoms with E-state index < -0.39 is 17.7 Å². The highest BCUT2D eigenvalue weighted by Gasteiger charge is 2.48. The number of pyridine rings is 1. The molecule has 1 saturated heterocycles. The number of ketones is 1. The maximum Gasteiger partial charge on any atom is 0.302 e. The van der Waals surface area contributed by atoms with Gasteiger partial charge in [-0.1, -0.05) is 24.3 Å². The zero-order valence-electron chi connectivity index (χ0n) is 18.5. The third kappa shape index (κ3) is 3.38. The number of carbonyl (C=O) groups is 2. The average molecular weight is 438 g/mol. The number of hydrogen-bond acceptors (Lipinski definition) is 5. The highest BCUT2D eigenvalue weighted by molar-refractivity contribution is 6.51. The van der Waals surface area contributed by atoms with Crippen molar-refractivity contribution < 1.29 is 14.7 Å². The van der Waals surface area contributed by atoms with E-state index in [0.29, 0.717) is 16.8 Å². The smallest absolute Gasteiger partial charge is 0.302 e. The SMILES string of the molecule is Cc1ccc2nc(N3C(=O)C(=O)/C(=C(/O)c4ccc(C)c(C)c4)C3c3ccccn3)[nH]c2c1. The van der Waals surface area contributed by atoms with Crippen LogP contribution in [0.2, 0.25) is 0 Å². The van der Waals surface area contributed by atoms with Crippen molar-refractivity contribution in [2.45, 2.75) is 26.8 Å². The molecular weight excluding hydrogens is 416 g/mol. The van der Waals surface area contributed by atoms with Crippen molar-refractivity contribution in [3.63, 3.8) is 0 Å². The third-order valence-corrected chi connectivity index (χ3v) is 6.05. The number of anilines is 1. The van der Waals surface area contributed by atoms with Crippen LogP contribution in [0.4, 0.5) is 5.95 Å². The number of nitrogens with one attached hydrogen (secondary N) is 1. The molecule has 0 saturated carbocycles. The highest BCUT2D eigenvalue weighted by Crippen LogP contribution is 2.41. The molecule has 1 unspecified atom stereocenters. The summed E-state index contributed by atoms with van der Waals surface area (Å²) in [6.45, 7) is 5.86. The van der Waals surface area contributed by atoms with Gasteiger partial charge in [-0.05, 0) is 67.8 Å². The Labute approximate surface area is 190 Å². The molecular formula is C26H22N4O3. The molecule has 33 heavy (non-hydrogen) atoms. The van der Waals surface area contributed by atoms with Crippen LogP contribution in [0.15, 0.2) is 66.4 Å². The van der Waals surface area contributed by atoms with Crippen molar-refractivity contribution >= 4 is 34.4 Å². The summed E-state index contributed by atoms with van der Waals surface area (Å²) in [4.78, 5) is 39.9. The molecule has 2 N–H and O–H groups in total. The minimum absolute atomic E-state index is 0.0152. The van der Waals surface area contributed by atoms with Gasteiger partial charge in [-0.2, -0.15) is 0 Å². The van der Waals surface area contributed by atoms with Crippen LogP contribution in [0.1, 0.15) is 34.0 Å². The number of H-pyrrole nitrogens is 1. The second-order valence-corrected chi connectivity index (χ2v) is 8.30. The normalized spacial score (nSPS) is 17.8. The van der Waals surface area contributed by atoms with Crippen LogP contribution in [0, 0.1) is 20.8 Å². The average Bonchev–Trinajstić information content (AvgIpc) is 3.33. The van der Waals surface area contributed by atoms with Gasteiger partial charge in [-0.3, -0.25) is 19.5 Å². The van der Waals surface area contributed by atoms with Crippen LogP contribution < -0.4 is 4.90 Å². The number of hydrogen-bond donors (Lipinski definition) is 2. The second-order valence-electron chi connectivity index (χ2n) is 8.30. The Morgan fingerprint density at radius 3 is 2.55 bits per heavy atom. The number of amides is 1. The predicted octanol–water partition coefficient (Wildman–Crippen LogP) is 4.51. The minimum atomic E-state index is -0.922. The number of aromatic nitrogens is 3. The van der Waals surface area contributed by atoms with Gasteiger partial charge in [-0.15, -0.1) is 0 Å². The molecule has 0 radical (unpaired) electrons. The van der Waals surface area contributed by atoms with Crippen LogP contribution in [0.3, 0.4) is 0 Å². The van der Waals surface area contributed by atoms with Gasteiger partial charge < -0.3 is 10.1 Å². The van der Waals surface area contributed by atoms with Crippen molar-refractivity contribution in [1.29, 1.82) is 0 Å². The summed E-state index contributed by atoms with van der Waals surface area (Å²) < 4.78 is 0. The predicted molar refractivity (Wildman–Crippen MR) is 126 cm³/mol. The Hall–Kier alpha value is -4.26. The number of imidazole rings is 1. The molecule has 5 rings (SSSR count). The lowest BCUT2D eigenvalue weighted by atomic mass is 9.96. The van der Waals surface area contributed by atoms with Gasteiger partial charge in [0.25, 0.3) is 5.78 Å². The van der Waals surface area contributed by atoms with Gasteiger partial charge in [-0.25, -0.2) is 4.98 Å². The number of aromatic amines is 1. The summed E-state index contributed by atoms with van der Waals surface area (Å²) in [5, 5.41) is 11.2. The van der Waals surface area contributed by atoms with Gasteiger partial charge >= 0.3 is 5.91 Å². The van der Waals surface area contributed by atoms with Crippen molar-refractivity contribution in [1.82, 2.24) is 15.0 Å². The first kappa shape index (κ1) is 20.6. The molecule has 1 aliphatic heterocycles. The van der Waals surface area contributed by atoms with Crippen molar-refractivity contribution in [2.24, 2.45) is 0 Å². The van der Waals surface area contributed by atoms with Crippen LogP contribution in [-0.2, 0) is 9.59 Å². The number of benzene rings is 2. The molecule has 4 aromatic rings. The van der Waals surface area contributed by atoms with Gasteiger partial charge in [0.1, 0.15) is 11.8 Å². The van der Waals surface area contributed by atoms with Crippen molar-refractivity contribution in [3.8, 4) is 0 Å². The quantitative estimate of drug-likeness (QED) is 0.279. The van der Waals surface area contributed by atoms with Gasteiger partial charge in [0.2, 0.25) is 5.95 Å². The Kier molecular flexibility index (Phi) is 4.82. The Morgan fingerprint density at radius 1 is 1.00 bits per heavy atom. The van der Waals surface area contributed by atoms with E-state index in [1.807, 2.05) is 45.0 Å². The number of rotatable bonds is 3. The largest absolute Gasteiger partial charge is 0.507 e. The summed E-state index contributed by atoms with van der Waals surface area (Å²) >= 11 is 0. The standard InChI is InChI=1S/C26H22N4O3/c1-14-7-10-18-20(12-14)29-26(28-18)30-22(19-6-4-5-11-27-19)21(24(32)25(30)33)23(31)17-9-8-15(2)16(3)13-17/h4-13,22,31H,1-3H3,(H,28,29)/b23-21+. The van der Waals surface area contributed by atoms with Crippen LogP contribution >= 0.6 is 0 Å². The molecule has 0 spiro atoms. The van der Waals surface area contributed by atoms with E-state index in [1.165, 1.54) is 4.90 Å². The molecule has 7 nitrogen and oxygen atoms in total. The Balaban J connectivity index is 1.73. The summed E-state index contributed by atoms with van der Waals surface area (Å²) in [5.74, 6) is -1.56. The fourth-order valence-electron chi connectivity index (χ4n) is 4.14. The molecule has 1 fully saturated rings. The lowest BCUT2D eigenvalue weighted by Crippen LogP contribution is -2.30. The number of fused-ring (bicyclic) bond motifs is 1. The zero-order chi connectivity index (χ0) is 23.3. The monoisotopic (exact) mass is 438 g/mol. The maximum atomic E-state index is 13.2. The fourth-order valence-corrected chi connectivity index (χ4v) is 4.14. The van der Waals surface area contributed by atoms with Crippen LogP contribution in [0.25, 0.3) is 16.8 Å². The molecule has 1 atom stereocenters. The van der Waals surface area contributed by atoms with E-state index in [2.05, 4.69) is 15.0 Å². The van der Waals surface area contributed by atoms with E-state index in [1.54, 1.807) is 36.5 Å². The number of nitrogens with zero attached hydrogens (tertiary/aromatic N) is 3. The van der Waals surface area contributed by atoms with Gasteiger partial charge in [0.05, 0.1) is 22.3 Å². The molecule has 7 heteroatoms. The lowest BCUT2D eigenvalue weighted by molar-refractivity contribution is -0.132. The Morgan fingerprint density at radius 2 is 1.82 bits per heavy atom. The minimum Gasteiger partial charge on any atom is -0.507 e. The van der Waals surface area contributed by atoms with Gasteiger partial charge in [0, 0.05) is 11.8 Å². The summed E-state index contributed by atoms with van der Waals surface area (Å²) in [6, 6.07) is 15.5. The number of aryl methyl sites for hydroxylation is 3. The second kappa shape index (κ2) is 7.70. The van der Waals surface area contributed by atoms with Crippen LogP contribution in [0.5, 0.6) is 0 Å². The molecule has 3 heterocycles. The van der Waals surface area contributed by atoms with E-state index in [9.17, 15) is 14.7 Å². The summed E-state index contributed by atoms with van der Waals surface area (Å²) in [7, 11) is 0. The third-order valence-electron chi connectivity index (χ3n) is 6.05. The highest BCUT2D eigenvalue weighted by atomic mass is 16.3. The van der Waals surface area contributed by atoms with Crippen molar-refractivity contribution in [2.75, 3.05) is 4.90 Å². The number of carbonyl (C=O) groups excluding carboxylic acids is 2. The number of aliphatic hydroxyl groups excluding tert-OH is 1. The molecule has 2 aromatic carbocycles. The molecule has 0 aliphatic carbocycles. The van der Waals surface area contributed by atoms with E-state index in [0.717, 1.165) is 22.2 Å². The van der Waals surface area contributed by atoms with E-state index in [-0.39, 0.29) is 17.3 Å². The Bertz CT molecular complexity index is 1450. The molecule has 1 amide bonds. The first-order valence-electron chi connectivity index (χ1n) is 10.6. The lowest BCUT2D eigenvalue weighted by Gasteiger charge is -2.22. The molecule has 0 bridgehead atoms. The van der Waals surface area contributed by atoms with E-state index in [4.69, 9.17) is 0 Å². The fraction of sp³-hybridized carbons (Fsp3) is 0.154. The first-order chi connectivity index (χ1) is 15.8. The summed E-state index contributed by atoms with van der Waals surface area (Å²) in [5.41, 5.74) is 5.40. The van der Waals surface area contributed by atoms with Crippen LogP contribution in [-0.4, -0.2) is 31.7 Å². The molecule has 1 aliphatic rings. The molecule has 164 valence electrons. The summed E-state index contributed by atoms with van der Waals surface area (Å²) in [6.07, 6.45) is 1.59. The first-order valence-corrected chi connectivity index (χ1v) is 10.6. The topological polar surface area (TPSA) is 99.2 Å². The molecule has 2 aromatic heterocycles. The van der Waals surface area contributed by atoms with Crippen molar-refractivity contribution in [3.05, 3.63) is 94.3 Å². The zero-order valence-corrected chi connectivity index (χ0v) is 18.5. The van der Waals surface area contributed by atoms with Gasteiger partial charge in [0.15, 0.2) is 0 Å². The van der Waals surface area contributed by atoms with E-state index >= 15 is 0 Å². The number of Topliss-reactive ketones (excluding diaryl/α,β-unsaturated/α-hetero) is 1.